The fourth-order valence-corrected chi connectivity index (χ4v) is 2.62. The highest BCUT2D eigenvalue weighted by Crippen LogP contribution is 2.19. The van der Waals surface area contributed by atoms with Gasteiger partial charge in [0, 0.05) is 37.3 Å². The Hall–Kier alpha value is -0.810. The third kappa shape index (κ3) is 6.09. The van der Waals surface area contributed by atoms with Gasteiger partial charge in [0.1, 0.15) is 0 Å². The van der Waals surface area contributed by atoms with E-state index in [0.29, 0.717) is 0 Å². The van der Waals surface area contributed by atoms with Crippen molar-refractivity contribution in [1.29, 1.82) is 0 Å². The summed E-state index contributed by atoms with van der Waals surface area (Å²) in [6.07, 6.45) is 3.56. The van der Waals surface area contributed by atoms with Gasteiger partial charge in [-0.25, -0.2) is 4.79 Å². The van der Waals surface area contributed by atoms with Crippen molar-refractivity contribution in [3.05, 3.63) is 0 Å². The molecule has 5 nitrogen and oxygen atoms in total. The van der Waals surface area contributed by atoms with Crippen LogP contribution >= 0.6 is 0 Å². The molecule has 0 saturated carbocycles. The van der Waals surface area contributed by atoms with Gasteiger partial charge >= 0.3 is 6.03 Å². The Bertz CT molecular complexity index is 294. The summed E-state index contributed by atoms with van der Waals surface area (Å²) in [5, 5.41) is 14.8. The van der Waals surface area contributed by atoms with Crippen molar-refractivity contribution in [2.45, 2.75) is 71.0 Å². The lowest BCUT2D eigenvalue weighted by Crippen LogP contribution is -2.53. The molecule has 1 fully saturated rings. The number of carbonyl (C=O) groups excluding carboxylic acids is 1. The molecule has 0 aliphatic carbocycles. The molecule has 3 N–H and O–H groups in total. The predicted octanol–water partition coefficient (Wildman–Crippen LogP) is 1.71. The van der Waals surface area contributed by atoms with E-state index in [1.54, 1.807) is 0 Å². The smallest absolute Gasteiger partial charge is 0.315 e. The van der Waals surface area contributed by atoms with Crippen molar-refractivity contribution in [3.8, 4) is 0 Å². The topological polar surface area (TPSA) is 64.6 Å². The Morgan fingerprint density at radius 3 is 2.45 bits per heavy atom. The Kier molecular flexibility index (Phi) is 6.76. The second kappa shape index (κ2) is 7.84. The van der Waals surface area contributed by atoms with Gasteiger partial charge in [0.15, 0.2) is 0 Å². The summed E-state index contributed by atoms with van der Waals surface area (Å²) in [6.45, 7) is 10.9. The SMILES string of the molecule is CC(CCCO)NC(=O)NC1CCN(C(C)(C)C)CC1. The van der Waals surface area contributed by atoms with Crippen LogP contribution in [0.15, 0.2) is 0 Å². The molecule has 1 heterocycles. The van der Waals surface area contributed by atoms with Gasteiger partial charge in [0.05, 0.1) is 0 Å². The normalized spacial score (nSPS) is 19.6. The van der Waals surface area contributed by atoms with Gasteiger partial charge in [0.25, 0.3) is 0 Å². The summed E-state index contributed by atoms with van der Waals surface area (Å²) in [4.78, 5) is 14.3. The maximum absolute atomic E-state index is 11.9. The van der Waals surface area contributed by atoms with Gasteiger partial charge < -0.3 is 15.7 Å². The summed E-state index contributed by atoms with van der Waals surface area (Å²) < 4.78 is 0. The van der Waals surface area contributed by atoms with E-state index >= 15 is 0 Å². The average molecular weight is 285 g/mol. The lowest BCUT2D eigenvalue weighted by atomic mass is 9.98. The number of nitrogens with one attached hydrogen (secondary N) is 2. The van der Waals surface area contributed by atoms with E-state index in [0.717, 1.165) is 38.8 Å². The molecule has 5 heteroatoms. The molecule has 0 aromatic heterocycles. The number of amides is 2. The van der Waals surface area contributed by atoms with Crippen LogP contribution in [-0.4, -0.2) is 53.4 Å². The highest BCUT2D eigenvalue weighted by atomic mass is 16.3. The van der Waals surface area contributed by atoms with Crippen LogP contribution in [0.2, 0.25) is 0 Å². The zero-order valence-corrected chi connectivity index (χ0v) is 13.4. The number of rotatable bonds is 5. The number of hydrogen-bond donors (Lipinski definition) is 3. The third-order valence-electron chi connectivity index (χ3n) is 3.95. The number of aliphatic hydroxyl groups excluding tert-OH is 1. The maximum atomic E-state index is 11.9. The Labute approximate surface area is 123 Å². The Morgan fingerprint density at radius 1 is 1.35 bits per heavy atom. The molecule has 0 spiro atoms. The van der Waals surface area contributed by atoms with Gasteiger partial charge in [-0.3, -0.25) is 4.90 Å². The molecule has 1 unspecified atom stereocenters. The summed E-state index contributed by atoms with van der Waals surface area (Å²) in [5.74, 6) is 0. The van der Waals surface area contributed by atoms with Crippen molar-refractivity contribution in [2.24, 2.45) is 0 Å². The van der Waals surface area contributed by atoms with E-state index in [4.69, 9.17) is 5.11 Å². The van der Waals surface area contributed by atoms with Crippen LogP contribution in [-0.2, 0) is 0 Å². The first-order valence-corrected chi connectivity index (χ1v) is 7.76. The van der Waals surface area contributed by atoms with Crippen molar-refractivity contribution in [2.75, 3.05) is 19.7 Å². The monoisotopic (exact) mass is 285 g/mol. The van der Waals surface area contributed by atoms with E-state index < -0.39 is 0 Å². The third-order valence-corrected chi connectivity index (χ3v) is 3.95. The van der Waals surface area contributed by atoms with Crippen molar-refractivity contribution >= 4 is 6.03 Å². The molecule has 1 aliphatic heterocycles. The molecule has 1 rings (SSSR count). The molecule has 2 amide bonds. The number of hydrogen-bond acceptors (Lipinski definition) is 3. The van der Waals surface area contributed by atoms with E-state index in [-0.39, 0.29) is 30.3 Å². The molecule has 1 atom stereocenters. The summed E-state index contributed by atoms with van der Waals surface area (Å²) >= 11 is 0. The van der Waals surface area contributed by atoms with Crippen molar-refractivity contribution in [1.82, 2.24) is 15.5 Å². The maximum Gasteiger partial charge on any atom is 0.315 e. The van der Waals surface area contributed by atoms with E-state index in [1.807, 2.05) is 6.92 Å². The second-order valence-electron chi connectivity index (χ2n) is 6.82. The fraction of sp³-hybridized carbons (Fsp3) is 0.933. The van der Waals surface area contributed by atoms with Crippen molar-refractivity contribution < 1.29 is 9.90 Å². The second-order valence-corrected chi connectivity index (χ2v) is 6.82. The Morgan fingerprint density at radius 2 is 1.95 bits per heavy atom. The van der Waals surface area contributed by atoms with Crippen LogP contribution in [0.5, 0.6) is 0 Å². The van der Waals surface area contributed by atoms with Crippen LogP contribution in [0, 0.1) is 0 Å². The molecular weight excluding hydrogens is 254 g/mol. The molecule has 0 bridgehead atoms. The van der Waals surface area contributed by atoms with Gasteiger partial charge in [-0.05, 0) is 53.4 Å². The Balaban J connectivity index is 2.24. The minimum absolute atomic E-state index is 0.0790. The zero-order valence-electron chi connectivity index (χ0n) is 13.4. The molecule has 0 aromatic carbocycles. The predicted molar refractivity (Wildman–Crippen MR) is 81.8 cm³/mol. The quantitative estimate of drug-likeness (QED) is 0.720. The van der Waals surface area contributed by atoms with Crippen LogP contribution in [0.3, 0.4) is 0 Å². The van der Waals surface area contributed by atoms with E-state index in [1.165, 1.54) is 0 Å². The van der Waals surface area contributed by atoms with Gasteiger partial charge in [-0.2, -0.15) is 0 Å². The fourth-order valence-electron chi connectivity index (χ4n) is 2.62. The van der Waals surface area contributed by atoms with Gasteiger partial charge in [0.2, 0.25) is 0 Å². The number of nitrogens with zero attached hydrogens (tertiary/aromatic N) is 1. The standard InChI is InChI=1S/C15H31N3O2/c1-12(6-5-11-19)16-14(20)17-13-7-9-18(10-8-13)15(2,3)4/h12-13,19H,5-11H2,1-4H3,(H2,16,17,20). The highest BCUT2D eigenvalue weighted by molar-refractivity contribution is 5.74. The first-order valence-electron chi connectivity index (χ1n) is 7.76. The zero-order chi connectivity index (χ0) is 15.2. The lowest BCUT2D eigenvalue weighted by molar-refractivity contribution is 0.0977. The first-order chi connectivity index (χ1) is 9.32. The van der Waals surface area contributed by atoms with Gasteiger partial charge in [-0.1, -0.05) is 0 Å². The van der Waals surface area contributed by atoms with Gasteiger partial charge in [-0.15, -0.1) is 0 Å². The largest absolute Gasteiger partial charge is 0.396 e. The average Bonchev–Trinajstić information content (AvgIpc) is 2.35. The summed E-state index contributed by atoms with van der Waals surface area (Å²) in [6, 6.07) is 0.306. The summed E-state index contributed by atoms with van der Waals surface area (Å²) in [7, 11) is 0. The van der Waals surface area contributed by atoms with E-state index in [2.05, 4.69) is 36.3 Å². The molecular formula is C15H31N3O2. The van der Waals surface area contributed by atoms with Crippen LogP contribution < -0.4 is 10.6 Å². The number of urea groups is 1. The molecule has 1 aliphatic rings. The van der Waals surface area contributed by atoms with Crippen LogP contribution in [0.4, 0.5) is 4.79 Å². The van der Waals surface area contributed by atoms with E-state index in [9.17, 15) is 4.79 Å². The number of piperidine rings is 1. The van der Waals surface area contributed by atoms with Crippen LogP contribution in [0.25, 0.3) is 0 Å². The number of likely N-dealkylation sites (tertiary alicyclic amines) is 1. The molecule has 1 saturated heterocycles. The minimum atomic E-state index is -0.0790. The number of carbonyl (C=O) groups is 1. The molecule has 118 valence electrons. The molecule has 0 aromatic rings. The van der Waals surface area contributed by atoms with Crippen molar-refractivity contribution in [3.63, 3.8) is 0 Å². The van der Waals surface area contributed by atoms with Crippen LogP contribution in [0.1, 0.15) is 53.4 Å². The number of aliphatic hydroxyl groups is 1. The molecule has 0 radical (unpaired) electrons. The highest BCUT2D eigenvalue weighted by Gasteiger charge is 2.27. The molecule has 20 heavy (non-hydrogen) atoms. The minimum Gasteiger partial charge on any atom is -0.396 e. The first kappa shape index (κ1) is 17.2. The lowest BCUT2D eigenvalue weighted by Gasteiger charge is -2.41. The summed E-state index contributed by atoms with van der Waals surface area (Å²) in [5.41, 5.74) is 0.214.